The number of hydrogen-bond donors (Lipinski definition) is 0. The summed E-state index contributed by atoms with van der Waals surface area (Å²) in [5.74, 6) is 0.124. The number of carbonyl (C=O) groups excluding carboxylic acids is 1. The molecule has 1 unspecified atom stereocenters. The largest absolute Gasteiger partial charge is 0.444 e. The number of hydrogen-bond acceptors (Lipinski definition) is 5. The van der Waals surface area contributed by atoms with Crippen LogP contribution in [0, 0.1) is 5.92 Å². The first-order chi connectivity index (χ1) is 11.7. The molecule has 0 radical (unpaired) electrons. The third-order valence-corrected chi connectivity index (χ3v) is 4.65. The Labute approximate surface area is 155 Å². The van der Waals surface area contributed by atoms with Crippen LogP contribution in [0.5, 0.6) is 0 Å². The fraction of sp³-hybridized carbons (Fsp3) is 0.500. The van der Waals surface area contributed by atoms with Crippen molar-refractivity contribution in [2.75, 3.05) is 13.1 Å². The van der Waals surface area contributed by atoms with E-state index in [1.807, 2.05) is 26.8 Å². The van der Waals surface area contributed by atoms with E-state index in [-0.39, 0.29) is 18.1 Å². The first-order valence-corrected chi connectivity index (χ1v) is 8.65. The second-order valence-corrected chi connectivity index (χ2v) is 7.83. The van der Waals surface area contributed by atoms with E-state index in [2.05, 4.69) is 15.4 Å². The van der Waals surface area contributed by atoms with E-state index in [1.54, 1.807) is 17.0 Å². The van der Waals surface area contributed by atoms with Crippen LogP contribution in [-0.4, -0.2) is 49.9 Å². The predicted octanol–water partition coefficient (Wildman–Crippen LogP) is 3.44. The highest BCUT2D eigenvalue weighted by Crippen LogP contribution is 2.35. The lowest BCUT2D eigenvalue weighted by Crippen LogP contribution is -2.54. The zero-order valence-corrected chi connectivity index (χ0v) is 15.7. The molecule has 1 aliphatic heterocycles. The Morgan fingerprint density at radius 3 is 2.56 bits per heavy atom. The number of rotatable bonds is 3. The molecule has 134 valence electrons. The van der Waals surface area contributed by atoms with Crippen LogP contribution in [0.25, 0.3) is 0 Å². The lowest BCUT2D eigenvalue weighted by Gasteiger charge is -2.43. The number of carbonyl (C=O) groups is 1. The van der Waals surface area contributed by atoms with Gasteiger partial charge in [-0.05, 0) is 43.7 Å². The molecular formula is C16H19Cl2N5O2. The first-order valence-electron chi connectivity index (χ1n) is 7.90. The number of aromatic nitrogens is 4. The van der Waals surface area contributed by atoms with Gasteiger partial charge in [0.2, 0.25) is 0 Å². The zero-order valence-electron chi connectivity index (χ0n) is 14.2. The molecule has 0 aliphatic carbocycles. The SMILES string of the molecule is CC(C)(C)OC(=O)N1CC(C(c2ccc(Cl)c(Cl)c2)n2ncnn2)C1. The molecular weight excluding hydrogens is 365 g/mol. The predicted molar refractivity (Wildman–Crippen MR) is 93.7 cm³/mol. The summed E-state index contributed by atoms with van der Waals surface area (Å²) in [6.07, 6.45) is 1.07. The van der Waals surface area contributed by atoms with Crippen LogP contribution in [-0.2, 0) is 4.74 Å². The Bertz CT molecular complexity index is 754. The molecule has 1 aromatic carbocycles. The molecule has 0 saturated carbocycles. The van der Waals surface area contributed by atoms with E-state index in [0.717, 1.165) is 5.56 Å². The molecule has 1 aromatic heterocycles. The number of halogens is 2. The molecule has 0 spiro atoms. The Balaban J connectivity index is 1.77. The number of benzene rings is 1. The summed E-state index contributed by atoms with van der Waals surface area (Å²) in [7, 11) is 0. The molecule has 1 saturated heterocycles. The van der Waals surface area contributed by atoms with Gasteiger partial charge in [-0.25, -0.2) is 4.79 Å². The van der Waals surface area contributed by atoms with Crippen molar-refractivity contribution < 1.29 is 9.53 Å². The summed E-state index contributed by atoms with van der Waals surface area (Å²) < 4.78 is 5.40. The van der Waals surface area contributed by atoms with Crippen molar-refractivity contribution in [3.63, 3.8) is 0 Å². The molecule has 1 amide bonds. The summed E-state index contributed by atoms with van der Waals surface area (Å²) in [4.78, 5) is 15.3. The third-order valence-electron chi connectivity index (χ3n) is 3.91. The van der Waals surface area contributed by atoms with Gasteiger partial charge in [0.15, 0.2) is 6.33 Å². The molecule has 1 aliphatic rings. The number of likely N-dealkylation sites (tertiary alicyclic amines) is 1. The summed E-state index contributed by atoms with van der Waals surface area (Å²) in [5, 5.41) is 12.9. The minimum absolute atomic E-state index is 0.124. The summed E-state index contributed by atoms with van der Waals surface area (Å²) in [6, 6.07) is 5.25. The average Bonchev–Trinajstić information content (AvgIpc) is 2.97. The number of ether oxygens (including phenoxy) is 1. The molecule has 2 heterocycles. The van der Waals surface area contributed by atoms with Crippen LogP contribution in [0.3, 0.4) is 0 Å². The molecule has 0 bridgehead atoms. The van der Waals surface area contributed by atoms with Crippen LogP contribution in [0.4, 0.5) is 4.79 Å². The van der Waals surface area contributed by atoms with Gasteiger partial charge < -0.3 is 9.64 Å². The maximum atomic E-state index is 12.1. The molecule has 25 heavy (non-hydrogen) atoms. The van der Waals surface area contributed by atoms with E-state index >= 15 is 0 Å². The highest BCUT2D eigenvalue weighted by molar-refractivity contribution is 6.42. The quantitative estimate of drug-likeness (QED) is 0.811. The van der Waals surface area contributed by atoms with Crippen molar-refractivity contribution in [3.8, 4) is 0 Å². The minimum atomic E-state index is -0.515. The summed E-state index contributed by atoms with van der Waals surface area (Å²) in [6.45, 7) is 6.63. The van der Waals surface area contributed by atoms with Crippen LogP contribution >= 0.6 is 23.2 Å². The second-order valence-electron chi connectivity index (χ2n) is 7.02. The van der Waals surface area contributed by atoms with Crippen LogP contribution in [0.1, 0.15) is 32.4 Å². The van der Waals surface area contributed by atoms with Gasteiger partial charge in [0.05, 0.1) is 10.0 Å². The fourth-order valence-corrected chi connectivity index (χ4v) is 3.09. The number of tetrazole rings is 1. The van der Waals surface area contributed by atoms with E-state index in [0.29, 0.717) is 23.1 Å². The van der Waals surface area contributed by atoms with Gasteiger partial charge in [0, 0.05) is 19.0 Å². The Morgan fingerprint density at radius 2 is 2.00 bits per heavy atom. The first kappa shape index (κ1) is 17.9. The van der Waals surface area contributed by atoms with Crippen LogP contribution < -0.4 is 0 Å². The van der Waals surface area contributed by atoms with Crippen molar-refractivity contribution in [2.24, 2.45) is 5.92 Å². The second kappa shape index (κ2) is 6.80. The Morgan fingerprint density at radius 1 is 1.28 bits per heavy atom. The van der Waals surface area contributed by atoms with Gasteiger partial charge >= 0.3 is 6.09 Å². The lowest BCUT2D eigenvalue weighted by atomic mass is 9.87. The van der Waals surface area contributed by atoms with Crippen molar-refractivity contribution >= 4 is 29.3 Å². The highest BCUT2D eigenvalue weighted by atomic mass is 35.5. The monoisotopic (exact) mass is 383 g/mol. The molecule has 9 heteroatoms. The van der Waals surface area contributed by atoms with Gasteiger partial charge in [-0.15, -0.1) is 10.2 Å². The lowest BCUT2D eigenvalue weighted by molar-refractivity contribution is -0.00851. The Hall–Kier alpha value is -1.86. The van der Waals surface area contributed by atoms with E-state index in [1.165, 1.54) is 11.1 Å². The van der Waals surface area contributed by atoms with Crippen LogP contribution in [0.2, 0.25) is 10.0 Å². The van der Waals surface area contributed by atoms with Gasteiger partial charge in [0.1, 0.15) is 11.6 Å². The van der Waals surface area contributed by atoms with Crippen molar-refractivity contribution in [2.45, 2.75) is 32.4 Å². The van der Waals surface area contributed by atoms with E-state index < -0.39 is 5.60 Å². The highest BCUT2D eigenvalue weighted by Gasteiger charge is 2.40. The van der Waals surface area contributed by atoms with Gasteiger partial charge in [-0.3, -0.25) is 0 Å². The smallest absolute Gasteiger partial charge is 0.410 e. The standard InChI is InChI=1S/C16H19Cl2N5O2/c1-16(2,3)25-15(24)22-7-11(8-22)14(23-20-9-19-21-23)10-4-5-12(17)13(18)6-10/h4-6,9,11,14H,7-8H2,1-3H3. The fourth-order valence-electron chi connectivity index (χ4n) is 2.78. The molecule has 2 aromatic rings. The average molecular weight is 384 g/mol. The molecule has 1 atom stereocenters. The maximum absolute atomic E-state index is 12.1. The normalized spacial score (nSPS) is 16.4. The topological polar surface area (TPSA) is 73.1 Å². The third kappa shape index (κ3) is 4.04. The van der Waals surface area contributed by atoms with Gasteiger partial charge in [-0.1, -0.05) is 29.3 Å². The summed E-state index contributed by atoms with van der Waals surface area (Å²) in [5.41, 5.74) is 0.403. The van der Waals surface area contributed by atoms with E-state index in [4.69, 9.17) is 27.9 Å². The van der Waals surface area contributed by atoms with Crippen molar-refractivity contribution in [3.05, 3.63) is 40.1 Å². The maximum Gasteiger partial charge on any atom is 0.410 e. The minimum Gasteiger partial charge on any atom is -0.444 e. The number of amides is 1. The van der Waals surface area contributed by atoms with Gasteiger partial charge in [0.25, 0.3) is 0 Å². The van der Waals surface area contributed by atoms with Gasteiger partial charge in [-0.2, -0.15) is 4.80 Å². The van der Waals surface area contributed by atoms with Crippen molar-refractivity contribution in [1.82, 2.24) is 25.1 Å². The molecule has 1 fully saturated rings. The summed E-state index contributed by atoms with van der Waals surface area (Å²) >= 11 is 12.2. The molecule has 3 rings (SSSR count). The van der Waals surface area contributed by atoms with E-state index in [9.17, 15) is 4.79 Å². The van der Waals surface area contributed by atoms with Crippen LogP contribution in [0.15, 0.2) is 24.5 Å². The number of nitrogens with zero attached hydrogens (tertiary/aromatic N) is 5. The van der Waals surface area contributed by atoms with Crippen molar-refractivity contribution in [1.29, 1.82) is 0 Å². The Kier molecular flexibility index (Phi) is 4.88. The molecule has 7 nitrogen and oxygen atoms in total. The zero-order chi connectivity index (χ0) is 18.2. The molecule has 0 N–H and O–H groups in total.